The molecule has 0 aliphatic carbocycles. The monoisotopic (exact) mass is 438 g/mol. The zero-order chi connectivity index (χ0) is 21.6. The lowest BCUT2D eigenvalue weighted by molar-refractivity contribution is -0.384. The Morgan fingerprint density at radius 1 is 1.23 bits per heavy atom. The first-order valence-corrected chi connectivity index (χ1v) is 10.8. The van der Waals surface area contributed by atoms with Gasteiger partial charge in [0.15, 0.2) is 5.16 Å². The molecule has 3 aromatic rings. The number of hydrogen-bond acceptors (Lipinski definition) is 7. The van der Waals surface area contributed by atoms with Crippen molar-refractivity contribution in [3.05, 3.63) is 76.1 Å². The fourth-order valence-electron chi connectivity index (χ4n) is 3.59. The Kier molecular flexibility index (Phi) is 6.58. The molecule has 2 N–H and O–H groups in total. The topological polar surface area (TPSA) is 117 Å². The zero-order valence-corrected chi connectivity index (χ0v) is 17.5. The van der Waals surface area contributed by atoms with E-state index in [-0.39, 0.29) is 23.2 Å². The van der Waals surface area contributed by atoms with E-state index >= 15 is 0 Å². The summed E-state index contributed by atoms with van der Waals surface area (Å²) in [4.78, 5) is 30.7. The molecule has 1 saturated heterocycles. The standard InChI is InChI=1S/C21H22N6O3S/c28-20(24-16-8-10-26(11-9-16)13-15-4-2-1-3-5-15)18-12-17(27(29)30)6-7-19(18)31-21-22-14-23-25-21/h1-7,12,14,16H,8-11,13H2,(H,24,28)(H,22,23,25). The van der Waals surface area contributed by atoms with Gasteiger partial charge >= 0.3 is 0 Å². The first kappa shape index (κ1) is 21.0. The summed E-state index contributed by atoms with van der Waals surface area (Å²) < 4.78 is 0. The lowest BCUT2D eigenvalue weighted by atomic mass is 10.0. The van der Waals surface area contributed by atoms with Crippen molar-refractivity contribution in [1.29, 1.82) is 0 Å². The molecule has 1 amide bonds. The third kappa shape index (κ3) is 5.47. The molecule has 1 fully saturated rings. The molecule has 0 saturated carbocycles. The highest BCUT2D eigenvalue weighted by molar-refractivity contribution is 7.99. The number of hydrogen-bond donors (Lipinski definition) is 2. The minimum absolute atomic E-state index is 0.0296. The minimum Gasteiger partial charge on any atom is -0.349 e. The van der Waals surface area contributed by atoms with E-state index in [0.29, 0.717) is 10.1 Å². The number of carbonyl (C=O) groups excluding carboxylic acids is 1. The summed E-state index contributed by atoms with van der Waals surface area (Å²) in [5, 5.41) is 21.3. The first-order valence-electron chi connectivity index (χ1n) is 9.97. The second-order valence-electron chi connectivity index (χ2n) is 7.34. The largest absolute Gasteiger partial charge is 0.349 e. The molecule has 31 heavy (non-hydrogen) atoms. The van der Waals surface area contributed by atoms with Crippen LogP contribution in [0.2, 0.25) is 0 Å². The van der Waals surface area contributed by atoms with Crippen molar-refractivity contribution in [2.75, 3.05) is 13.1 Å². The van der Waals surface area contributed by atoms with E-state index in [1.807, 2.05) is 18.2 Å². The van der Waals surface area contributed by atoms with Gasteiger partial charge in [-0.05, 0) is 36.2 Å². The second kappa shape index (κ2) is 9.71. The van der Waals surface area contributed by atoms with Crippen LogP contribution in [0.3, 0.4) is 0 Å². The Morgan fingerprint density at radius 2 is 2.00 bits per heavy atom. The molecular formula is C21H22N6O3S. The highest BCUT2D eigenvalue weighted by atomic mass is 32.2. The number of piperidine rings is 1. The lowest BCUT2D eigenvalue weighted by Crippen LogP contribution is -2.44. The average molecular weight is 439 g/mol. The van der Waals surface area contributed by atoms with Gasteiger partial charge in [0, 0.05) is 42.7 Å². The van der Waals surface area contributed by atoms with Crippen LogP contribution in [-0.2, 0) is 6.54 Å². The van der Waals surface area contributed by atoms with Gasteiger partial charge < -0.3 is 5.32 Å². The van der Waals surface area contributed by atoms with Crippen molar-refractivity contribution >= 4 is 23.4 Å². The number of nitrogens with zero attached hydrogens (tertiary/aromatic N) is 4. The van der Waals surface area contributed by atoms with Gasteiger partial charge in [0.05, 0.1) is 10.5 Å². The first-order chi connectivity index (χ1) is 15.1. The SMILES string of the molecule is O=C(NC1CCN(Cc2ccccc2)CC1)c1cc([N+](=O)[O-])ccc1Sc1ncn[nH]1. The maximum atomic E-state index is 13.0. The van der Waals surface area contributed by atoms with Crippen LogP contribution < -0.4 is 5.32 Å². The van der Waals surface area contributed by atoms with Crippen molar-refractivity contribution in [3.63, 3.8) is 0 Å². The fraction of sp³-hybridized carbons (Fsp3) is 0.286. The van der Waals surface area contributed by atoms with Crippen molar-refractivity contribution in [3.8, 4) is 0 Å². The van der Waals surface area contributed by atoms with Crippen LogP contribution in [0.5, 0.6) is 0 Å². The third-order valence-corrected chi connectivity index (χ3v) is 6.16. The number of nitrogens with one attached hydrogen (secondary N) is 2. The summed E-state index contributed by atoms with van der Waals surface area (Å²) in [6, 6.07) is 14.6. The predicted octanol–water partition coefficient (Wildman–Crippen LogP) is 3.26. The van der Waals surface area contributed by atoms with Gasteiger partial charge in [-0.2, -0.15) is 5.10 Å². The molecule has 0 radical (unpaired) electrons. The maximum Gasteiger partial charge on any atom is 0.270 e. The van der Waals surface area contributed by atoms with Crippen LogP contribution in [0.4, 0.5) is 5.69 Å². The highest BCUT2D eigenvalue weighted by Crippen LogP contribution is 2.30. The molecular weight excluding hydrogens is 416 g/mol. The van der Waals surface area contributed by atoms with Gasteiger partial charge in [0.1, 0.15) is 6.33 Å². The van der Waals surface area contributed by atoms with Gasteiger partial charge in [-0.3, -0.25) is 24.9 Å². The van der Waals surface area contributed by atoms with E-state index in [1.165, 1.54) is 35.8 Å². The number of non-ortho nitro benzene ring substituents is 1. The van der Waals surface area contributed by atoms with E-state index in [9.17, 15) is 14.9 Å². The van der Waals surface area contributed by atoms with Gasteiger partial charge in [0.25, 0.3) is 11.6 Å². The van der Waals surface area contributed by atoms with Crippen LogP contribution in [-0.4, -0.2) is 50.0 Å². The van der Waals surface area contributed by atoms with Gasteiger partial charge in [-0.15, -0.1) is 0 Å². The molecule has 1 aliphatic rings. The third-order valence-electron chi connectivity index (χ3n) is 5.19. The highest BCUT2D eigenvalue weighted by Gasteiger charge is 2.24. The molecule has 2 aromatic carbocycles. The lowest BCUT2D eigenvalue weighted by Gasteiger charge is -2.32. The van der Waals surface area contributed by atoms with Crippen molar-refractivity contribution in [2.45, 2.75) is 35.5 Å². The summed E-state index contributed by atoms with van der Waals surface area (Å²) in [5.74, 6) is -0.313. The Morgan fingerprint density at radius 3 is 2.68 bits per heavy atom. The summed E-state index contributed by atoms with van der Waals surface area (Å²) in [6.45, 7) is 2.66. The van der Waals surface area contributed by atoms with Crippen molar-refractivity contribution in [1.82, 2.24) is 25.4 Å². The number of nitro groups is 1. The zero-order valence-electron chi connectivity index (χ0n) is 16.7. The average Bonchev–Trinajstić information content (AvgIpc) is 3.29. The number of H-pyrrole nitrogens is 1. The fourth-order valence-corrected chi connectivity index (χ4v) is 4.39. The smallest absolute Gasteiger partial charge is 0.270 e. The number of benzene rings is 2. The number of likely N-dealkylation sites (tertiary alicyclic amines) is 1. The summed E-state index contributed by atoms with van der Waals surface area (Å²) >= 11 is 1.21. The Hall–Kier alpha value is -3.24. The van der Waals surface area contributed by atoms with Crippen LogP contribution in [0.1, 0.15) is 28.8 Å². The Bertz CT molecular complexity index is 1040. The van der Waals surface area contributed by atoms with Crippen LogP contribution in [0, 0.1) is 10.1 Å². The normalized spacial score (nSPS) is 15.0. The van der Waals surface area contributed by atoms with E-state index < -0.39 is 4.92 Å². The van der Waals surface area contributed by atoms with E-state index in [1.54, 1.807) is 6.07 Å². The predicted molar refractivity (Wildman–Crippen MR) is 116 cm³/mol. The molecule has 10 heteroatoms. The van der Waals surface area contributed by atoms with Gasteiger partial charge in [-0.25, -0.2) is 4.98 Å². The number of nitro benzene ring substituents is 1. The van der Waals surface area contributed by atoms with Crippen LogP contribution >= 0.6 is 11.8 Å². The molecule has 0 bridgehead atoms. The summed E-state index contributed by atoms with van der Waals surface area (Å²) in [5.41, 5.74) is 1.42. The molecule has 4 rings (SSSR count). The molecule has 2 heterocycles. The Labute approximate surface area is 183 Å². The maximum absolute atomic E-state index is 13.0. The second-order valence-corrected chi connectivity index (χ2v) is 8.37. The van der Waals surface area contributed by atoms with Crippen LogP contribution in [0.15, 0.2) is 64.9 Å². The molecule has 0 spiro atoms. The summed E-state index contributed by atoms with van der Waals surface area (Å²) in [7, 11) is 0. The molecule has 0 atom stereocenters. The number of carbonyl (C=O) groups is 1. The van der Waals surface area contributed by atoms with E-state index in [0.717, 1.165) is 32.5 Å². The number of aromatic nitrogens is 3. The quantitative estimate of drug-likeness (QED) is 0.429. The van der Waals surface area contributed by atoms with Crippen molar-refractivity contribution in [2.24, 2.45) is 0 Å². The van der Waals surface area contributed by atoms with Crippen LogP contribution in [0.25, 0.3) is 0 Å². The van der Waals surface area contributed by atoms with Crippen molar-refractivity contribution < 1.29 is 9.72 Å². The number of aromatic amines is 1. The minimum atomic E-state index is -0.498. The Balaban J connectivity index is 1.41. The molecule has 0 unspecified atom stereocenters. The van der Waals surface area contributed by atoms with Gasteiger partial charge in [0.2, 0.25) is 0 Å². The molecule has 1 aliphatic heterocycles. The molecule has 9 nitrogen and oxygen atoms in total. The molecule has 1 aromatic heterocycles. The summed E-state index contributed by atoms with van der Waals surface area (Å²) in [6.07, 6.45) is 3.03. The van der Waals surface area contributed by atoms with E-state index in [4.69, 9.17) is 0 Å². The number of rotatable bonds is 7. The number of amides is 1. The van der Waals surface area contributed by atoms with E-state index in [2.05, 4.69) is 37.5 Å². The van der Waals surface area contributed by atoms with Gasteiger partial charge in [-0.1, -0.05) is 30.3 Å². The molecule has 160 valence electrons.